The van der Waals surface area contributed by atoms with E-state index in [2.05, 4.69) is 15.0 Å². The first-order chi connectivity index (χ1) is 16.0. The Labute approximate surface area is 194 Å². The number of halogens is 2. The Morgan fingerprint density at radius 2 is 2.09 bits per heavy atom. The van der Waals surface area contributed by atoms with Gasteiger partial charge < -0.3 is 15.2 Å². The molecule has 0 saturated heterocycles. The molecule has 2 aromatic rings. The van der Waals surface area contributed by atoms with E-state index in [1.807, 2.05) is 0 Å². The third-order valence-corrected chi connectivity index (χ3v) is 7.35. The molecular formula is C21H21F2N5O5S. The van der Waals surface area contributed by atoms with Crippen LogP contribution in [0.2, 0.25) is 0 Å². The van der Waals surface area contributed by atoms with E-state index in [0.717, 1.165) is 28.8 Å². The first-order valence-corrected chi connectivity index (χ1v) is 11.8. The molecule has 0 fully saturated rings. The molecule has 0 radical (unpaired) electrons. The molecule has 0 bridgehead atoms. The predicted molar refractivity (Wildman–Crippen MR) is 118 cm³/mol. The van der Waals surface area contributed by atoms with Crippen molar-refractivity contribution >= 4 is 33.9 Å². The normalized spacial score (nSPS) is 20.9. The maximum atomic E-state index is 14.8. The standard InChI is InChI=1S/C21H21F2N5O5S/c1-3-32-19(29)10-33-18-9-25-17(8-26-18)16(23)6-12-4-14-13(15(22)5-12)7-21(14)11-34(30,31)28(2)20(24)27-21/h4-6,8-9H,3,7,10-11H2,1-2H3,(H2,24,27)/b16-6-/t21-/m0/s1. The molecule has 2 heterocycles. The second kappa shape index (κ2) is 8.63. The van der Waals surface area contributed by atoms with Crippen LogP contribution < -0.4 is 10.5 Å². The van der Waals surface area contributed by atoms with Crippen molar-refractivity contribution in [1.82, 2.24) is 14.3 Å². The highest BCUT2D eigenvalue weighted by Gasteiger charge is 2.51. The molecule has 1 atom stereocenters. The van der Waals surface area contributed by atoms with Crippen molar-refractivity contribution in [3.63, 3.8) is 0 Å². The zero-order valence-electron chi connectivity index (χ0n) is 18.3. The molecule has 13 heteroatoms. The Hall–Kier alpha value is -3.61. The lowest BCUT2D eigenvalue weighted by Crippen LogP contribution is -2.55. The third kappa shape index (κ3) is 4.30. The molecule has 0 saturated carbocycles. The lowest BCUT2D eigenvalue weighted by molar-refractivity contribution is -0.145. The van der Waals surface area contributed by atoms with Crippen LogP contribution in [0.4, 0.5) is 8.78 Å². The molecule has 34 heavy (non-hydrogen) atoms. The highest BCUT2D eigenvalue weighted by Crippen LogP contribution is 2.47. The lowest BCUT2D eigenvalue weighted by Gasteiger charge is -2.44. The first kappa shape index (κ1) is 23.5. The molecule has 1 aliphatic carbocycles. The number of benzene rings is 1. The summed E-state index contributed by atoms with van der Waals surface area (Å²) < 4.78 is 65.0. The molecule has 180 valence electrons. The Morgan fingerprint density at radius 1 is 1.32 bits per heavy atom. The molecule has 1 spiro atoms. The fraction of sp³-hybridized carbons (Fsp3) is 0.333. The number of aliphatic imine (C=N–C) groups is 1. The number of aromatic nitrogens is 2. The number of ether oxygens (including phenoxy) is 2. The number of carbonyl (C=O) groups is 1. The van der Waals surface area contributed by atoms with E-state index in [-0.39, 0.29) is 48.5 Å². The number of nitrogens with zero attached hydrogens (tertiary/aromatic N) is 4. The lowest BCUT2D eigenvalue weighted by atomic mass is 9.71. The van der Waals surface area contributed by atoms with Crippen LogP contribution in [0, 0.1) is 5.82 Å². The molecule has 2 aliphatic rings. The number of esters is 1. The minimum atomic E-state index is -3.72. The molecule has 1 aliphatic heterocycles. The second-order valence-corrected chi connectivity index (χ2v) is 9.76. The van der Waals surface area contributed by atoms with Crippen LogP contribution in [-0.4, -0.2) is 60.6 Å². The quantitative estimate of drug-likeness (QED) is 0.596. The summed E-state index contributed by atoms with van der Waals surface area (Å²) in [6.45, 7) is 1.50. The fourth-order valence-electron chi connectivity index (χ4n) is 3.78. The van der Waals surface area contributed by atoms with Crippen molar-refractivity contribution < 1.29 is 31.5 Å². The molecule has 4 rings (SSSR count). The van der Waals surface area contributed by atoms with E-state index in [0.29, 0.717) is 11.1 Å². The molecule has 0 unspecified atom stereocenters. The van der Waals surface area contributed by atoms with Gasteiger partial charge in [-0.15, -0.1) is 0 Å². The SMILES string of the molecule is CCOC(=O)COc1cnc(/C(F)=C/c2cc(F)c3c(c2)[C@]2(C3)CS(=O)(=O)N(C)C(N)=N2)cn1. The minimum Gasteiger partial charge on any atom is -0.465 e. The van der Waals surface area contributed by atoms with Gasteiger partial charge in [-0.3, -0.25) is 0 Å². The van der Waals surface area contributed by atoms with Crippen LogP contribution in [0.3, 0.4) is 0 Å². The fourth-order valence-corrected chi connectivity index (χ4v) is 5.22. The topological polar surface area (TPSA) is 137 Å². The van der Waals surface area contributed by atoms with E-state index in [1.165, 1.54) is 13.1 Å². The Morgan fingerprint density at radius 3 is 2.74 bits per heavy atom. The van der Waals surface area contributed by atoms with Gasteiger partial charge in [-0.2, -0.15) is 0 Å². The number of nitrogens with two attached hydrogens (primary N) is 1. The van der Waals surface area contributed by atoms with Gasteiger partial charge in [0.2, 0.25) is 21.9 Å². The summed E-state index contributed by atoms with van der Waals surface area (Å²) in [5.74, 6) is -2.54. The van der Waals surface area contributed by atoms with Crippen molar-refractivity contribution in [3.8, 4) is 5.88 Å². The second-order valence-electron chi connectivity index (χ2n) is 7.76. The monoisotopic (exact) mass is 493 g/mol. The predicted octanol–water partition coefficient (Wildman–Crippen LogP) is 1.37. The third-order valence-electron chi connectivity index (χ3n) is 5.49. The van der Waals surface area contributed by atoms with Gasteiger partial charge in [-0.1, -0.05) is 0 Å². The Kier molecular flexibility index (Phi) is 5.98. The van der Waals surface area contributed by atoms with E-state index in [1.54, 1.807) is 6.92 Å². The summed E-state index contributed by atoms with van der Waals surface area (Å²) in [5, 5.41) is 0. The van der Waals surface area contributed by atoms with Crippen molar-refractivity contribution in [2.75, 3.05) is 26.0 Å². The Balaban J connectivity index is 1.57. The van der Waals surface area contributed by atoms with Crippen molar-refractivity contribution in [2.45, 2.75) is 18.9 Å². The van der Waals surface area contributed by atoms with E-state index in [4.69, 9.17) is 15.2 Å². The number of hydrogen-bond donors (Lipinski definition) is 1. The molecular weight excluding hydrogens is 472 g/mol. The van der Waals surface area contributed by atoms with Crippen LogP contribution >= 0.6 is 0 Å². The van der Waals surface area contributed by atoms with Gasteiger partial charge in [0.05, 0.1) is 24.8 Å². The number of hydrogen-bond acceptors (Lipinski definition) is 9. The van der Waals surface area contributed by atoms with Gasteiger partial charge in [0.25, 0.3) is 0 Å². The Bertz CT molecular complexity index is 1310. The van der Waals surface area contributed by atoms with Gasteiger partial charge in [0, 0.05) is 13.5 Å². The highest BCUT2D eigenvalue weighted by atomic mass is 32.2. The van der Waals surface area contributed by atoms with Crippen LogP contribution in [0.25, 0.3) is 11.9 Å². The summed E-state index contributed by atoms with van der Waals surface area (Å²) in [6, 6.07) is 2.63. The molecule has 1 aromatic carbocycles. The van der Waals surface area contributed by atoms with Crippen molar-refractivity contribution in [3.05, 3.63) is 52.7 Å². The summed E-state index contributed by atoms with van der Waals surface area (Å²) in [6.07, 6.45) is 3.36. The van der Waals surface area contributed by atoms with Gasteiger partial charge in [0.1, 0.15) is 17.1 Å². The smallest absolute Gasteiger partial charge is 0.344 e. The zero-order chi connectivity index (χ0) is 24.7. The van der Waals surface area contributed by atoms with Crippen molar-refractivity contribution in [2.24, 2.45) is 10.7 Å². The van der Waals surface area contributed by atoms with Gasteiger partial charge >= 0.3 is 5.97 Å². The first-order valence-electron chi connectivity index (χ1n) is 10.2. The molecule has 0 amide bonds. The summed E-state index contributed by atoms with van der Waals surface area (Å²) >= 11 is 0. The van der Waals surface area contributed by atoms with E-state index in [9.17, 15) is 22.0 Å². The van der Waals surface area contributed by atoms with E-state index < -0.39 is 33.2 Å². The maximum absolute atomic E-state index is 14.8. The average Bonchev–Trinajstić information content (AvgIpc) is 2.77. The average molecular weight is 493 g/mol. The minimum absolute atomic E-state index is 0.00226. The van der Waals surface area contributed by atoms with Crippen LogP contribution in [-0.2, 0) is 31.5 Å². The summed E-state index contributed by atoms with van der Waals surface area (Å²) in [7, 11) is -2.43. The zero-order valence-corrected chi connectivity index (χ0v) is 19.1. The van der Waals surface area contributed by atoms with Crippen LogP contribution in [0.1, 0.15) is 29.3 Å². The van der Waals surface area contributed by atoms with Gasteiger partial charge in [-0.25, -0.2) is 41.3 Å². The van der Waals surface area contributed by atoms with Crippen molar-refractivity contribution in [1.29, 1.82) is 0 Å². The molecule has 1 aromatic heterocycles. The summed E-state index contributed by atoms with van der Waals surface area (Å²) in [5.41, 5.74) is 5.24. The highest BCUT2D eigenvalue weighted by molar-refractivity contribution is 7.89. The largest absolute Gasteiger partial charge is 0.465 e. The van der Waals surface area contributed by atoms with Crippen LogP contribution in [0.5, 0.6) is 5.88 Å². The summed E-state index contributed by atoms with van der Waals surface area (Å²) in [4.78, 5) is 23.4. The number of guanidine groups is 1. The number of fused-ring (bicyclic) bond motifs is 2. The van der Waals surface area contributed by atoms with E-state index >= 15 is 0 Å². The molecule has 2 N–H and O–H groups in total. The van der Waals surface area contributed by atoms with Gasteiger partial charge in [-0.05, 0) is 41.8 Å². The maximum Gasteiger partial charge on any atom is 0.344 e. The number of carbonyl (C=O) groups excluding carboxylic acids is 1. The van der Waals surface area contributed by atoms with Gasteiger partial charge in [0.15, 0.2) is 12.4 Å². The number of sulfonamides is 1. The molecule has 10 nitrogen and oxygen atoms in total. The number of rotatable bonds is 6. The van der Waals surface area contributed by atoms with Crippen LogP contribution in [0.15, 0.2) is 29.5 Å².